The Kier molecular flexibility index (Phi) is 7.81. The summed E-state index contributed by atoms with van der Waals surface area (Å²) in [6.45, 7) is 4.32. The fraction of sp³-hybridized carbons (Fsp3) is 0.478. The second kappa shape index (κ2) is 10.7. The molecule has 31 heavy (non-hydrogen) atoms. The van der Waals surface area contributed by atoms with Crippen LogP contribution >= 0.6 is 0 Å². The van der Waals surface area contributed by atoms with Crippen LogP contribution < -0.4 is 10.2 Å². The van der Waals surface area contributed by atoms with Crippen molar-refractivity contribution in [2.75, 3.05) is 45.2 Å². The van der Waals surface area contributed by atoms with Gasteiger partial charge in [-0.25, -0.2) is 14.8 Å². The van der Waals surface area contributed by atoms with E-state index < -0.39 is 0 Å². The predicted octanol–water partition coefficient (Wildman–Crippen LogP) is 2.55. The Morgan fingerprint density at radius 3 is 2.58 bits per heavy atom. The monoisotopic (exact) mass is 424 g/mol. The summed E-state index contributed by atoms with van der Waals surface area (Å²) in [4.78, 5) is 39.1. The minimum Gasteiger partial charge on any atom is -0.340 e. The summed E-state index contributed by atoms with van der Waals surface area (Å²) >= 11 is 0. The quantitative estimate of drug-likeness (QED) is 0.739. The van der Waals surface area contributed by atoms with Crippen molar-refractivity contribution in [3.05, 3.63) is 54.4 Å². The van der Waals surface area contributed by atoms with E-state index in [-0.39, 0.29) is 24.5 Å². The van der Waals surface area contributed by atoms with E-state index in [9.17, 15) is 9.59 Å². The number of urea groups is 1. The number of carbonyl (C=O) groups excluding carboxylic acids is 2. The van der Waals surface area contributed by atoms with Crippen LogP contribution in [0.15, 0.2) is 48.8 Å². The fourth-order valence-electron chi connectivity index (χ4n) is 3.79. The van der Waals surface area contributed by atoms with Crippen molar-refractivity contribution >= 4 is 17.9 Å². The first kappa shape index (κ1) is 22.5. The van der Waals surface area contributed by atoms with Crippen LogP contribution in [0.3, 0.4) is 0 Å². The summed E-state index contributed by atoms with van der Waals surface area (Å²) in [6.07, 6.45) is 5.57. The zero-order valence-electron chi connectivity index (χ0n) is 18.6. The summed E-state index contributed by atoms with van der Waals surface area (Å²) < 4.78 is 0. The lowest BCUT2D eigenvalue weighted by atomic mass is 9.98. The third-order valence-corrected chi connectivity index (χ3v) is 5.87. The SMILES string of the molecule is CC(c1ccccc1)N(C)C(=O)CN(C)C(=O)NCC1CCCN(c2ncccn2)C1. The molecule has 1 aromatic carbocycles. The number of nitrogens with zero attached hydrogens (tertiary/aromatic N) is 5. The summed E-state index contributed by atoms with van der Waals surface area (Å²) in [5.41, 5.74) is 1.06. The van der Waals surface area contributed by atoms with Gasteiger partial charge in [0, 0.05) is 46.1 Å². The molecule has 1 fully saturated rings. The second-order valence-electron chi connectivity index (χ2n) is 8.14. The topological polar surface area (TPSA) is 81.7 Å². The average Bonchev–Trinajstić information content (AvgIpc) is 2.82. The van der Waals surface area contributed by atoms with Gasteiger partial charge in [0.25, 0.3) is 0 Å². The van der Waals surface area contributed by atoms with Crippen LogP contribution in [0.25, 0.3) is 0 Å². The fourth-order valence-corrected chi connectivity index (χ4v) is 3.79. The van der Waals surface area contributed by atoms with Crippen LogP contribution in [0.1, 0.15) is 31.4 Å². The van der Waals surface area contributed by atoms with Crippen LogP contribution in [-0.4, -0.2) is 72.0 Å². The molecule has 0 aliphatic carbocycles. The molecule has 0 bridgehead atoms. The lowest BCUT2D eigenvalue weighted by Gasteiger charge is -2.33. The number of piperidine rings is 1. The second-order valence-corrected chi connectivity index (χ2v) is 8.14. The minimum atomic E-state index is -0.234. The maximum absolute atomic E-state index is 12.7. The number of carbonyl (C=O) groups is 2. The first-order chi connectivity index (χ1) is 15.0. The number of amides is 3. The van der Waals surface area contributed by atoms with E-state index in [0.717, 1.165) is 37.4 Å². The highest BCUT2D eigenvalue weighted by Gasteiger charge is 2.24. The van der Waals surface area contributed by atoms with Gasteiger partial charge in [-0.2, -0.15) is 0 Å². The highest BCUT2D eigenvalue weighted by Crippen LogP contribution is 2.20. The van der Waals surface area contributed by atoms with Gasteiger partial charge in [-0.15, -0.1) is 0 Å². The van der Waals surface area contributed by atoms with Crippen LogP contribution in [0, 0.1) is 5.92 Å². The van der Waals surface area contributed by atoms with E-state index in [4.69, 9.17) is 0 Å². The van der Waals surface area contributed by atoms with Crippen molar-refractivity contribution in [3.63, 3.8) is 0 Å². The third kappa shape index (κ3) is 6.16. The van der Waals surface area contributed by atoms with E-state index in [0.29, 0.717) is 12.5 Å². The van der Waals surface area contributed by atoms with Crippen molar-refractivity contribution in [2.24, 2.45) is 5.92 Å². The largest absolute Gasteiger partial charge is 0.340 e. The molecule has 8 nitrogen and oxygen atoms in total. The van der Waals surface area contributed by atoms with Crippen molar-refractivity contribution in [1.29, 1.82) is 0 Å². The molecule has 1 saturated heterocycles. The molecule has 3 amide bonds. The molecule has 2 atom stereocenters. The molecule has 166 valence electrons. The number of hydrogen-bond acceptors (Lipinski definition) is 5. The Balaban J connectivity index is 1.45. The Morgan fingerprint density at radius 1 is 1.16 bits per heavy atom. The molecule has 1 aliphatic heterocycles. The van der Waals surface area contributed by atoms with Gasteiger partial charge in [-0.1, -0.05) is 30.3 Å². The van der Waals surface area contributed by atoms with E-state index in [1.165, 1.54) is 4.90 Å². The zero-order valence-corrected chi connectivity index (χ0v) is 18.6. The van der Waals surface area contributed by atoms with Gasteiger partial charge in [0.2, 0.25) is 11.9 Å². The molecule has 1 N–H and O–H groups in total. The van der Waals surface area contributed by atoms with Gasteiger partial charge in [0.1, 0.15) is 6.54 Å². The lowest BCUT2D eigenvalue weighted by molar-refractivity contribution is -0.132. The van der Waals surface area contributed by atoms with Crippen LogP contribution in [0.2, 0.25) is 0 Å². The number of anilines is 1. The molecule has 1 aromatic heterocycles. The molecular formula is C23H32N6O2. The van der Waals surface area contributed by atoms with Gasteiger partial charge < -0.3 is 20.0 Å². The Hall–Kier alpha value is -3.16. The van der Waals surface area contributed by atoms with Crippen LogP contribution in [0.5, 0.6) is 0 Å². The summed E-state index contributed by atoms with van der Waals surface area (Å²) in [7, 11) is 3.42. The van der Waals surface area contributed by atoms with E-state index in [2.05, 4.69) is 20.2 Å². The molecule has 2 aromatic rings. The molecule has 0 spiro atoms. The number of aromatic nitrogens is 2. The number of hydrogen-bond donors (Lipinski definition) is 1. The molecule has 3 rings (SSSR count). The van der Waals surface area contributed by atoms with E-state index in [1.54, 1.807) is 37.5 Å². The number of nitrogens with one attached hydrogen (secondary N) is 1. The van der Waals surface area contributed by atoms with Gasteiger partial charge >= 0.3 is 6.03 Å². The highest BCUT2D eigenvalue weighted by molar-refractivity contribution is 5.84. The molecule has 0 saturated carbocycles. The number of benzene rings is 1. The number of rotatable bonds is 7. The van der Waals surface area contributed by atoms with Crippen molar-refractivity contribution in [1.82, 2.24) is 25.1 Å². The van der Waals surface area contributed by atoms with Crippen LogP contribution in [-0.2, 0) is 4.79 Å². The smallest absolute Gasteiger partial charge is 0.317 e. The summed E-state index contributed by atoms with van der Waals surface area (Å²) in [5.74, 6) is 0.960. The third-order valence-electron chi connectivity index (χ3n) is 5.87. The first-order valence-corrected chi connectivity index (χ1v) is 10.8. The normalized spacial score (nSPS) is 17.0. The number of likely N-dealkylation sites (N-methyl/N-ethyl adjacent to an activating group) is 2. The van der Waals surface area contributed by atoms with Crippen LogP contribution in [0.4, 0.5) is 10.7 Å². The van der Waals surface area contributed by atoms with Gasteiger partial charge in [-0.05, 0) is 37.3 Å². The lowest BCUT2D eigenvalue weighted by Crippen LogP contribution is -2.47. The standard InChI is InChI=1S/C23H32N6O2/c1-18(20-10-5-4-6-11-20)28(3)21(30)17-27(2)23(31)26-15-19-9-7-14-29(16-19)22-24-12-8-13-25-22/h4-6,8,10-13,18-19H,7,9,14-17H2,1-3H3,(H,26,31). The zero-order chi connectivity index (χ0) is 22.2. The average molecular weight is 425 g/mol. The molecule has 1 aliphatic rings. The van der Waals surface area contributed by atoms with Crippen molar-refractivity contribution in [3.8, 4) is 0 Å². The molecule has 8 heteroatoms. The first-order valence-electron chi connectivity index (χ1n) is 10.8. The maximum Gasteiger partial charge on any atom is 0.317 e. The molecule has 0 radical (unpaired) electrons. The molecular weight excluding hydrogens is 392 g/mol. The van der Waals surface area contributed by atoms with Gasteiger partial charge in [-0.3, -0.25) is 4.79 Å². The molecule has 2 heterocycles. The minimum absolute atomic E-state index is 0.0359. The predicted molar refractivity (Wildman–Crippen MR) is 121 cm³/mol. The van der Waals surface area contributed by atoms with Gasteiger partial charge in [0.15, 0.2) is 0 Å². The Bertz CT molecular complexity index is 848. The molecule has 2 unspecified atom stereocenters. The van der Waals surface area contributed by atoms with E-state index >= 15 is 0 Å². The Labute approximate surface area is 184 Å². The van der Waals surface area contributed by atoms with Crippen molar-refractivity contribution in [2.45, 2.75) is 25.8 Å². The van der Waals surface area contributed by atoms with E-state index in [1.807, 2.05) is 37.3 Å². The summed E-state index contributed by atoms with van der Waals surface area (Å²) in [6, 6.07) is 11.4. The van der Waals surface area contributed by atoms with Gasteiger partial charge in [0.05, 0.1) is 6.04 Å². The van der Waals surface area contributed by atoms with Crippen molar-refractivity contribution < 1.29 is 9.59 Å². The Morgan fingerprint density at radius 2 is 1.87 bits per heavy atom. The maximum atomic E-state index is 12.7. The summed E-state index contributed by atoms with van der Waals surface area (Å²) in [5, 5.41) is 2.98. The highest BCUT2D eigenvalue weighted by atomic mass is 16.2.